The summed E-state index contributed by atoms with van der Waals surface area (Å²) in [6, 6.07) is 0. The molecular formula is C14H20AcO10. The molecule has 1 radical (unpaired) electrons. The summed E-state index contributed by atoms with van der Waals surface area (Å²) in [6.45, 7) is 4.08. The largest absolute Gasteiger partial charge is 0.463 e. The molecule has 10 nitrogen and oxygen atoms in total. The maximum atomic E-state index is 11.2. The van der Waals surface area contributed by atoms with E-state index >= 15 is 0 Å². The van der Waals surface area contributed by atoms with Gasteiger partial charge in [0.15, 0.2) is 12.2 Å². The Hall–Kier alpha value is -0.758. The molecule has 1 heterocycles. The van der Waals surface area contributed by atoms with Crippen molar-refractivity contribution in [1.29, 1.82) is 0 Å². The van der Waals surface area contributed by atoms with Crippen molar-refractivity contribution >= 4 is 23.9 Å². The van der Waals surface area contributed by atoms with Crippen molar-refractivity contribution in [1.82, 2.24) is 0 Å². The molecule has 0 amide bonds. The molecule has 0 bridgehead atoms. The fourth-order valence-corrected chi connectivity index (χ4v) is 2.14. The number of ether oxygens (including phenoxy) is 5. The summed E-state index contributed by atoms with van der Waals surface area (Å²) in [5.74, 6) is -2.87. The fraction of sp³-hybridized carbons (Fsp3) is 0.714. The van der Waals surface area contributed by atoms with Crippen molar-refractivity contribution in [2.75, 3.05) is 6.61 Å². The van der Waals surface area contributed by atoms with E-state index in [1.54, 1.807) is 0 Å². The minimum Gasteiger partial charge on any atom is -0.463 e. The summed E-state index contributed by atoms with van der Waals surface area (Å²) in [7, 11) is 0. The van der Waals surface area contributed by atoms with Crippen LogP contribution in [0.2, 0.25) is 0 Å². The van der Waals surface area contributed by atoms with Gasteiger partial charge in [0.1, 0.15) is 18.8 Å². The van der Waals surface area contributed by atoms with E-state index in [9.17, 15) is 24.3 Å². The zero-order valence-electron chi connectivity index (χ0n) is 14.3. The van der Waals surface area contributed by atoms with Gasteiger partial charge < -0.3 is 28.8 Å². The van der Waals surface area contributed by atoms with Crippen molar-refractivity contribution in [2.24, 2.45) is 0 Å². The molecule has 1 fully saturated rings. The smallest absolute Gasteiger partial charge is 0.305 e. The van der Waals surface area contributed by atoms with E-state index in [4.69, 9.17) is 23.7 Å². The molecule has 0 aromatic heterocycles. The van der Waals surface area contributed by atoms with Gasteiger partial charge in [0, 0.05) is 71.8 Å². The Labute approximate surface area is 180 Å². The quantitative estimate of drug-likeness (QED) is 0.324. The van der Waals surface area contributed by atoms with Gasteiger partial charge in [0.2, 0.25) is 6.29 Å². The van der Waals surface area contributed by atoms with Crippen LogP contribution in [0.25, 0.3) is 0 Å². The van der Waals surface area contributed by atoms with Crippen LogP contribution in [0.3, 0.4) is 0 Å². The average molecular weight is 575 g/mol. The maximum absolute atomic E-state index is 11.2. The number of carbonyl (C=O) groups is 4. The molecule has 0 aliphatic carbocycles. The summed E-state index contributed by atoms with van der Waals surface area (Å²) < 4.78 is 25.0. The van der Waals surface area contributed by atoms with Gasteiger partial charge in [-0.05, 0) is 0 Å². The Kier molecular flexibility index (Phi) is 10.7. The van der Waals surface area contributed by atoms with Crippen molar-refractivity contribution in [3.8, 4) is 0 Å². The van der Waals surface area contributed by atoms with E-state index in [-0.39, 0.29) is 50.7 Å². The molecule has 1 rings (SSSR count). The van der Waals surface area contributed by atoms with Crippen LogP contribution in [0, 0.1) is 44.1 Å². The zero-order chi connectivity index (χ0) is 18.4. The number of hydrogen-bond acceptors (Lipinski definition) is 10. The third kappa shape index (κ3) is 7.98. The van der Waals surface area contributed by atoms with Crippen molar-refractivity contribution in [3.05, 3.63) is 0 Å². The van der Waals surface area contributed by atoms with Gasteiger partial charge in [0.25, 0.3) is 0 Å². The molecule has 1 aliphatic rings. The van der Waals surface area contributed by atoms with Crippen molar-refractivity contribution in [3.63, 3.8) is 0 Å². The Morgan fingerprint density at radius 2 is 1.32 bits per heavy atom. The first kappa shape index (κ1) is 24.2. The van der Waals surface area contributed by atoms with Gasteiger partial charge in [-0.2, -0.15) is 0 Å². The average Bonchev–Trinajstić information content (AvgIpc) is 2.42. The summed E-state index contributed by atoms with van der Waals surface area (Å²) >= 11 is 0. The summed E-state index contributed by atoms with van der Waals surface area (Å²) in [6.07, 6.45) is -6.84. The van der Waals surface area contributed by atoms with Gasteiger partial charge >= 0.3 is 23.9 Å². The Balaban J connectivity index is 0.00000576. The van der Waals surface area contributed by atoms with E-state index in [0.717, 1.165) is 27.7 Å². The molecule has 5 unspecified atom stereocenters. The van der Waals surface area contributed by atoms with Crippen LogP contribution in [-0.4, -0.2) is 66.3 Å². The Morgan fingerprint density at radius 1 is 0.840 bits per heavy atom. The van der Waals surface area contributed by atoms with Crippen LogP contribution in [0.4, 0.5) is 0 Å². The van der Waals surface area contributed by atoms with Crippen molar-refractivity contribution in [2.45, 2.75) is 58.4 Å². The molecule has 1 N–H and O–H groups in total. The van der Waals surface area contributed by atoms with Gasteiger partial charge in [-0.3, -0.25) is 19.2 Å². The standard InChI is InChI=1S/C14H20O10.Ac/c1-6(15)20-5-10-12(21-7(2)16)11(19)13(22-8(3)17)14(24-10)23-9(4)18;/h10-14,19H,5H2,1-4H3;. The van der Waals surface area contributed by atoms with E-state index in [1.807, 2.05) is 0 Å². The van der Waals surface area contributed by atoms with Crippen molar-refractivity contribution < 1.29 is 92.0 Å². The Morgan fingerprint density at radius 3 is 1.76 bits per heavy atom. The molecule has 25 heavy (non-hydrogen) atoms. The zero-order valence-corrected chi connectivity index (χ0v) is 19.0. The van der Waals surface area contributed by atoms with E-state index in [0.29, 0.717) is 0 Å². The van der Waals surface area contributed by atoms with Crippen LogP contribution in [0.5, 0.6) is 0 Å². The first-order chi connectivity index (χ1) is 11.1. The van der Waals surface area contributed by atoms with E-state index in [2.05, 4.69) is 0 Å². The first-order valence-electron chi connectivity index (χ1n) is 7.10. The molecule has 11 heteroatoms. The number of rotatable bonds is 5. The van der Waals surface area contributed by atoms with Gasteiger partial charge in [-0.1, -0.05) is 0 Å². The SMILES string of the molecule is CC(=O)OCC1OC(OC(C)=O)C(OC(C)=O)C(O)C1OC(C)=O.[Ac]. The topological polar surface area (TPSA) is 135 Å². The second-order valence-electron chi connectivity index (χ2n) is 5.09. The number of carbonyl (C=O) groups excluding carboxylic acids is 4. The molecule has 0 aromatic rings. The van der Waals surface area contributed by atoms with Crippen LogP contribution in [0.15, 0.2) is 0 Å². The number of aliphatic hydroxyl groups excluding tert-OH is 1. The molecule has 139 valence electrons. The minimum atomic E-state index is -1.56. The summed E-state index contributed by atoms with van der Waals surface area (Å²) in [5, 5.41) is 10.4. The minimum absolute atomic E-state index is 0. The predicted octanol–water partition coefficient (Wildman–Crippen LogP) is -0.938. The van der Waals surface area contributed by atoms with Gasteiger partial charge in [0.05, 0.1) is 0 Å². The Bertz CT molecular complexity index is 506. The number of hydrogen-bond donors (Lipinski definition) is 1. The van der Waals surface area contributed by atoms with E-state index < -0.39 is 54.6 Å². The second kappa shape index (κ2) is 11.1. The summed E-state index contributed by atoms with van der Waals surface area (Å²) in [4.78, 5) is 44.6. The first-order valence-corrected chi connectivity index (χ1v) is 7.10. The van der Waals surface area contributed by atoms with Crippen LogP contribution in [-0.2, 0) is 42.9 Å². The third-order valence-corrected chi connectivity index (χ3v) is 2.95. The van der Waals surface area contributed by atoms with Crippen LogP contribution < -0.4 is 0 Å². The molecule has 0 aromatic carbocycles. The molecule has 1 saturated heterocycles. The monoisotopic (exact) mass is 575 g/mol. The molecule has 1 aliphatic heterocycles. The number of aliphatic hydroxyl groups is 1. The maximum Gasteiger partial charge on any atom is 0.305 e. The van der Waals surface area contributed by atoms with Crippen LogP contribution >= 0.6 is 0 Å². The van der Waals surface area contributed by atoms with E-state index in [1.165, 1.54) is 0 Å². The number of esters is 4. The molecule has 0 saturated carbocycles. The predicted molar refractivity (Wildman–Crippen MR) is 74.2 cm³/mol. The van der Waals surface area contributed by atoms with Gasteiger partial charge in [-0.15, -0.1) is 0 Å². The molecule has 0 spiro atoms. The second-order valence-corrected chi connectivity index (χ2v) is 5.09. The van der Waals surface area contributed by atoms with Gasteiger partial charge in [-0.25, -0.2) is 0 Å². The molecular weight excluding hydrogens is 555 g/mol. The third-order valence-electron chi connectivity index (χ3n) is 2.95. The summed E-state index contributed by atoms with van der Waals surface area (Å²) in [5.41, 5.74) is 0. The normalized spacial score (nSPS) is 28.1. The molecule has 5 atom stereocenters. The van der Waals surface area contributed by atoms with Crippen LogP contribution in [0.1, 0.15) is 27.7 Å². The fourth-order valence-electron chi connectivity index (χ4n) is 2.14.